The highest BCUT2D eigenvalue weighted by atomic mass is 35.5. The molecule has 3 N–H and O–H groups in total. The molecule has 10 heteroatoms. The number of amides is 1. The van der Waals surface area contributed by atoms with Crippen LogP contribution in [0.3, 0.4) is 0 Å². The van der Waals surface area contributed by atoms with Crippen molar-refractivity contribution in [2.75, 3.05) is 31.7 Å². The molecule has 2 heterocycles. The van der Waals surface area contributed by atoms with Gasteiger partial charge in [-0.1, -0.05) is 23.7 Å². The summed E-state index contributed by atoms with van der Waals surface area (Å²) in [5, 5.41) is 3.36. The van der Waals surface area contributed by atoms with Gasteiger partial charge in [0, 0.05) is 23.3 Å². The third kappa shape index (κ3) is 4.64. The monoisotopic (exact) mass is 463 g/mol. The number of nitrogens with zero attached hydrogens (tertiary/aromatic N) is 5. The van der Waals surface area contributed by atoms with Crippen molar-refractivity contribution in [1.82, 2.24) is 24.0 Å². The number of nitrogen functional groups attached to an aromatic ring is 1. The molecule has 0 bridgehead atoms. The minimum Gasteiger partial charge on any atom is -0.382 e. The smallest absolute Gasteiger partial charge is 0.339 e. The number of imidazole rings is 1. The summed E-state index contributed by atoms with van der Waals surface area (Å²) in [6.45, 7) is 0.647. The van der Waals surface area contributed by atoms with E-state index in [-0.39, 0.29) is 17.4 Å². The van der Waals surface area contributed by atoms with E-state index in [1.165, 1.54) is 21.5 Å². The van der Waals surface area contributed by atoms with Gasteiger partial charge in [-0.25, -0.2) is 19.3 Å². The van der Waals surface area contributed by atoms with Crippen LogP contribution in [0, 0.1) is 0 Å². The van der Waals surface area contributed by atoms with Crippen LogP contribution in [-0.2, 0) is 4.79 Å². The molecule has 9 nitrogen and oxygen atoms in total. The molecule has 168 valence electrons. The lowest BCUT2D eigenvalue weighted by atomic mass is 10.2. The number of anilines is 2. The van der Waals surface area contributed by atoms with Crippen LogP contribution in [0.15, 0.2) is 71.8 Å². The number of hydrogen-bond acceptors (Lipinski definition) is 6. The molecule has 33 heavy (non-hydrogen) atoms. The molecule has 0 aliphatic rings. The van der Waals surface area contributed by atoms with Gasteiger partial charge in [0.15, 0.2) is 11.5 Å². The van der Waals surface area contributed by atoms with Gasteiger partial charge in [-0.05, 0) is 56.6 Å². The number of likely N-dealkylation sites (N-methyl/N-ethyl adjacent to an activating group) is 1. The summed E-state index contributed by atoms with van der Waals surface area (Å²) in [5.41, 5.74) is 8.10. The largest absolute Gasteiger partial charge is 0.382 e. The number of rotatable bonds is 6. The minimum absolute atomic E-state index is 0.168. The van der Waals surface area contributed by atoms with Gasteiger partial charge < -0.3 is 16.0 Å². The average molecular weight is 464 g/mol. The second kappa shape index (κ2) is 9.27. The Morgan fingerprint density at radius 2 is 1.88 bits per heavy atom. The van der Waals surface area contributed by atoms with Crippen molar-refractivity contribution in [2.24, 2.45) is 0 Å². The molecule has 0 atom stereocenters. The Labute approximate surface area is 194 Å². The van der Waals surface area contributed by atoms with E-state index in [0.717, 1.165) is 0 Å². The van der Waals surface area contributed by atoms with Crippen LogP contribution in [-0.4, -0.2) is 50.5 Å². The second-order valence-electron chi connectivity index (χ2n) is 7.57. The van der Waals surface area contributed by atoms with Crippen LogP contribution in [0.1, 0.15) is 0 Å². The van der Waals surface area contributed by atoms with E-state index in [4.69, 9.17) is 17.3 Å². The first-order valence-corrected chi connectivity index (χ1v) is 10.5. The first-order valence-electron chi connectivity index (χ1n) is 10.1. The number of aromatic nitrogens is 4. The molecule has 4 aromatic rings. The summed E-state index contributed by atoms with van der Waals surface area (Å²) in [6.07, 6.45) is 4.54. The van der Waals surface area contributed by atoms with Crippen LogP contribution in [0.5, 0.6) is 0 Å². The summed E-state index contributed by atoms with van der Waals surface area (Å²) < 4.78 is 2.87. The fourth-order valence-electron chi connectivity index (χ4n) is 3.39. The zero-order valence-corrected chi connectivity index (χ0v) is 18.8. The van der Waals surface area contributed by atoms with Gasteiger partial charge in [-0.15, -0.1) is 0 Å². The van der Waals surface area contributed by atoms with Crippen LogP contribution in [0.25, 0.3) is 22.5 Å². The summed E-state index contributed by atoms with van der Waals surface area (Å²) in [7, 11) is 3.83. The van der Waals surface area contributed by atoms with E-state index in [9.17, 15) is 9.59 Å². The van der Waals surface area contributed by atoms with E-state index < -0.39 is 0 Å². The van der Waals surface area contributed by atoms with Crippen LogP contribution >= 0.6 is 11.6 Å². The van der Waals surface area contributed by atoms with Crippen molar-refractivity contribution in [3.8, 4) is 11.4 Å². The van der Waals surface area contributed by atoms with E-state index in [0.29, 0.717) is 39.8 Å². The highest BCUT2D eigenvalue weighted by molar-refractivity contribution is 6.30. The predicted molar refractivity (Wildman–Crippen MR) is 130 cm³/mol. The number of benzene rings is 2. The highest BCUT2D eigenvalue weighted by Crippen LogP contribution is 2.24. The normalized spacial score (nSPS) is 11.5. The summed E-state index contributed by atoms with van der Waals surface area (Å²) in [4.78, 5) is 36.1. The van der Waals surface area contributed by atoms with Gasteiger partial charge in [0.05, 0.1) is 11.4 Å². The van der Waals surface area contributed by atoms with E-state index >= 15 is 0 Å². The van der Waals surface area contributed by atoms with Crippen LogP contribution in [0.2, 0.25) is 5.02 Å². The fourth-order valence-corrected chi connectivity index (χ4v) is 3.51. The standard InChI is InChI=1S/C23H22ClN7O2/c1-29(2)12-4-7-19(32)28-16-5-3-6-18(13-16)31-22-20(21(25)26-14-27-22)30(23(31)33)17-10-8-15(24)9-11-17/h3-11,13-14H,12H2,1-2H3,(H,28,32)(H2,25,26,27)/b7-4+. The molecule has 0 spiro atoms. The first kappa shape index (κ1) is 22.3. The van der Waals surface area contributed by atoms with Crippen molar-refractivity contribution in [3.63, 3.8) is 0 Å². The zero-order valence-electron chi connectivity index (χ0n) is 18.1. The number of fused-ring (bicyclic) bond motifs is 1. The number of hydrogen-bond donors (Lipinski definition) is 2. The summed E-state index contributed by atoms with van der Waals surface area (Å²) in [6, 6.07) is 13.8. The number of halogens is 1. The molecule has 2 aromatic heterocycles. The Morgan fingerprint density at radius 3 is 2.61 bits per heavy atom. The molecule has 0 radical (unpaired) electrons. The predicted octanol–water partition coefficient (Wildman–Crippen LogP) is 2.86. The van der Waals surface area contributed by atoms with Crippen LogP contribution in [0.4, 0.5) is 11.5 Å². The van der Waals surface area contributed by atoms with Crippen molar-refractivity contribution in [2.45, 2.75) is 0 Å². The third-order valence-electron chi connectivity index (χ3n) is 4.85. The Bertz CT molecular complexity index is 1400. The average Bonchev–Trinajstić information content (AvgIpc) is 3.07. The molecule has 1 amide bonds. The van der Waals surface area contributed by atoms with Crippen molar-refractivity contribution < 1.29 is 4.79 Å². The lowest BCUT2D eigenvalue weighted by molar-refractivity contribution is -0.111. The number of carbonyl (C=O) groups is 1. The molecule has 0 fully saturated rings. The van der Waals surface area contributed by atoms with Crippen molar-refractivity contribution in [1.29, 1.82) is 0 Å². The number of nitrogens with one attached hydrogen (secondary N) is 1. The minimum atomic E-state index is -0.381. The number of nitrogens with two attached hydrogens (primary N) is 1. The molecule has 0 saturated carbocycles. The molecule has 2 aromatic carbocycles. The second-order valence-corrected chi connectivity index (χ2v) is 8.00. The molecular formula is C23H22ClN7O2. The van der Waals surface area contributed by atoms with Gasteiger partial charge in [0.25, 0.3) is 0 Å². The zero-order chi connectivity index (χ0) is 23.5. The molecule has 0 aliphatic heterocycles. The SMILES string of the molecule is CN(C)C/C=C/C(=O)Nc1cccc(-n2c(=O)n(-c3ccc(Cl)cc3)c3c(N)ncnc32)c1. The highest BCUT2D eigenvalue weighted by Gasteiger charge is 2.20. The lowest BCUT2D eigenvalue weighted by Crippen LogP contribution is -2.22. The molecular weight excluding hydrogens is 442 g/mol. The van der Waals surface area contributed by atoms with E-state index in [1.807, 2.05) is 19.0 Å². The maximum Gasteiger partial charge on any atom is 0.339 e. The Hall–Kier alpha value is -3.95. The van der Waals surface area contributed by atoms with E-state index in [1.54, 1.807) is 54.6 Å². The number of carbonyl (C=O) groups excluding carboxylic acids is 1. The lowest BCUT2D eigenvalue weighted by Gasteiger charge is -2.07. The van der Waals surface area contributed by atoms with E-state index in [2.05, 4.69) is 15.3 Å². The van der Waals surface area contributed by atoms with Gasteiger partial charge in [0.2, 0.25) is 5.91 Å². The first-order chi connectivity index (χ1) is 15.8. The summed E-state index contributed by atoms with van der Waals surface area (Å²) in [5.74, 6) is -0.0993. The van der Waals surface area contributed by atoms with Gasteiger partial charge in [0.1, 0.15) is 11.8 Å². The van der Waals surface area contributed by atoms with Crippen molar-refractivity contribution >= 4 is 40.2 Å². The molecule has 4 rings (SSSR count). The van der Waals surface area contributed by atoms with Gasteiger partial charge >= 0.3 is 5.69 Å². The maximum atomic E-state index is 13.5. The van der Waals surface area contributed by atoms with Crippen molar-refractivity contribution in [3.05, 3.63) is 82.5 Å². The molecule has 0 aliphatic carbocycles. The Balaban J connectivity index is 1.79. The Kier molecular flexibility index (Phi) is 6.25. The molecule has 0 saturated heterocycles. The third-order valence-corrected chi connectivity index (χ3v) is 5.10. The summed E-state index contributed by atoms with van der Waals surface area (Å²) >= 11 is 6.01. The Morgan fingerprint density at radius 1 is 1.12 bits per heavy atom. The van der Waals surface area contributed by atoms with Gasteiger partial charge in [-0.2, -0.15) is 0 Å². The fraction of sp³-hybridized carbons (Fsp3) is 0.130. The quantitative estimate of drug-likeness (QED) is 0.425. The topological polar surface area (TPSA) is 111 Å². The van der Waals surface area contributed by atoms with Gasteiger partial charge in [-0.3, -0.25) is 9.36 Å². The maximum absolute atomic E-state index is 13.5. The molecule has 0 unspecified atom stereocenters. The van der Waals surface area contributed by atoms with Crippen LogP contribution < -0.4 is 16.7 Å².